The zero-order valence-electron chi connectivity index (χ0n) is 11.5. The lowest BCUT2D eigenvalue weighted by molar-refractivity contribution is 0.292. The van der Waals surface area contributed by atoms with Crippen LogP contribution < -0.4 is 4.90 Å². The fourth-order valence-corrected chi connectivity index (χ4v) is 3.94. The van der Waals surface area contributed by atoms with Crippen molar-refractivity contribution in [1.29, 1.82) is 0 Å². The SMILES string of the molecule is Cc1cc2c(N3CCCC(C)(C)C3)nc(Cl)nc2s1. The van der Waals surface area contributed by atoms with Gasteiger partial charge in [-0.3, -0.25) is 0 Å². The predicted octanol–water partition coefficient (Wildman–Crippen LogP) is 4.28. The Labute approximate surface area is 122 Å². The molecule has 0 saturated carbocycles. The molecule has 2 aromatic rings. The third kappa shape index (κ3) is 2.56. The molecule has 19 heavy (non-hydrogen) atoms. The average Bonchev–Trinajstić information content (AvgIpc) is 2.66. The highest BCUT2D eigenvalue weighted by atomic mass is 35.5. The topological polar surface area (TPSA) is 29.0 Å². The van der Waals surface area contributed by atoms with Crippen LogP contribution in [0.15, 0.2) is 6.07 Å². The summed E-state index contributed by atoms with van der Waals surface area (Å²) in [6.45, 7) is 8.82. The highest BCUT2D eigenvalue weighted by Gasteiger charge is 2.28. The van der Waals surface area contributed by atoms with E-state index < -0.39 is 0 Å². The van der Waals surface area contributed by atoms with Crippen molar-refractivity contribution in [3.05, 3.63) is 16.2 Å². The minimum atomic E-state index is 0.340. The molecule has 5 heteroatoms. The van der Waals surface area contributed by atoms with Crippen molar-refractivity contribution in [2.45, 2.75) is 33.6 Å². The Morgan fingerprint density at radius 3 is 2.89 bits per heavy atom. The smallest absolute Gasteiger partial charge is 0.225 e. The second-order valence-corrected chi connectivity index (χ2v) is 7.65. The van der Waals surface area contributed by atoms with Gasteiger partial charge in [0.25, 0.3) is 0 Å². The zero-order valence-corrected chi connectivity index (χ0v) is 13.1. The van der Waals surface area contributed by atoms with E-state index in [1.807, 2.05) is 0 Å². The molecule has 3 heterocycles. The van der Waals surface area contributed by atoms with Crippen LogP contribution in [-0.4, -0.2) is 23.1 Å². The van der Waals surface area contributed by atoms with E-state index in [1.165, 1.54) is 17.7 Å². The summed E-state index contributed by atoms with van der Waals surface area (Å²) in [4.78, 5) is 13.4. The maximum absolute atomic E-state index is 6.08. The van der Waals surface area contributed by atoms with E-state index in [0.29, 0.717) is 10.7 Å². The number of hydrogen-bond donors (Lipinski definition) is 0. The van der Waals surface area contributed by atoms with Gasteiger partial charge >= 0.3 is 0 Å². The lowest BCUT2D eigenvalue weighted by atomic mass is 9.84. The first-order valence-electron chi connectivity index (χ1n) is 6.63. The molecule has 0 radical (unpaired) electrons. The normalized spacial score (nSPS) is 19.1. The first-order chi connectivity index (χ1) is 8.94. The van der Waals surface area contributed by atoms with Gasteiger partial charge in [-0.2, -0.15) is 4.98 Å². The Morgan fingerprint density at radius 1 is 1.37 bits per heavy atom. The van der Waals surface area contributed by atoms with Crippen LogP contribution in [-0.2, 0) is 0 Å². The van der Waals surface area contributed by atoms with Gasteiger partial charge in [0.05, 0.1) is 5.39 Å². The van der Waals surface area contributed by atoms with E-state index in [4.69, 9.17) is 11.6 Å². The minimum Gasteiger partial charge on any atom is -0.355 e. The third-order valence-electron chi connectivity index (χ3n) is 3.67. The van der Waals surface area contributed by atoms with Crippen molar-refractivity contribution in [3.63, 3.8) is 0 Å². The number of thiophene rings is 1. The Balaban J connectivity index is 2.08. The molecule has 1 aliphatic heterocycles. The second kappa shape index (κ2) is 4.60. The molecule has 3 nitrogen and oxygen atoms in total. The highest BCUT2D eigenvalue weighted by molar-refractivity contribution is 7.18. The van der Waals surface area contributed by atoms with E-state index in [0.717, 1.165) is 29.1 Å². The van der Waals surface area contributed by atoms with Crippen LogP contribution in [0.25, 0.3) is 10.2 Å². The second-order valence-electron chi connectivity index (χ2n) is 6.08. The molecule has 1 saturated heterocycles. The standard InChI is InChI=1S/C14H18ClN3S/c1-9-7-10-11(16-13(15)17-12(10)19-9)18-6-4-5-14(2,3)8-18/h7H,4-6,8H2,1-3H3. The monoisotopic (exact) mass is 295 g/mol. The summed E-state index contributed by atoms with van der Waals surface area (Å²) >= 11 is 7.76. The van der Waals surface area contributed by atoms with Crippen molar-refractivity contribution < 1.29 is 0 Å². The largest absolute Gasteiger partial charge is 0.355 e. The molecule has 0 aliphatic carbocycles. The number of anilines is 1. The summed E-state index contributed by atoms with van der Waals surface area (Å²) in [7, 11) is 0. The van der Waals surface area contributed by atoms with Crippen LogP contribution in [0.3, 0.4) is 0 Å². The molecule has 0 atom stereocenters. The van der Waals surface area contributed by atoms with Gasteiger partial charge in [-0.25, -0.2) is 4.98 Å². The Morgan fingerprint density at radius 2 is 2.16 bits per heavy atom. The van der Waals surface area contributed by atoms with E-state index in [-0.39, 0.29) is 0 Å². The summed E-state index contributed by atoms with van der Waals surface area (Å²) in [6, 6.07) is 2.17. The Kier molecular flexibility index (Phi) is 3.18. The van der Waals surface area contributed by atoms with Gasteiger partial charge in [-0.15, -0.1) is 11.3 Å². The van der Waals surface area contributed by atoms with E-state index in [9.17, 15) is 0 Å². The van der Waals surface area contributed by atoms with Gasteiger partial charge in [0.15, 0.2) is 0 Å². The molecule has 2 aromatic heterocycles. The van der Waals surface area contributed by atoms with Gasteiger partial charge < -0.3 is 4.90 Å². The fourth-order valence-electron chi connectivity index (χ4n) is 2.85. The van der Waals surface area contributed by atoms with Crippen LogP contribution in [0.2, 0.25) is 5.28 Å². The summed E-state index contributed by atoms with van der Waals surface area (Å²) in [5, 5.41) is 1.50. The molecule has 0 N–H and O–H groups in total. The maximum Gasteiger partial charge on any atom is 0.225 e. The number of fused-ring (bicyclic) bond motifs is 1. The van der Waals surface area contributed by atoms with Crippen LogP contribution in [0, 0.1) is 12.3 Å². The first-order valence-corrected chi connectivity index (χ1v) is 7.83. The maximum atomic E-state index is 6.08. The van der Waals surface area contributed by atoms with Crippen LogP contribution in [0.5, 0.6) is 0 Å². The van der Waals surface area contributed by atoms with Crippen LogP contribution >= 0.6 is 22.9 Å². The van der Waals surface area contributed by atoms with Gasteiger partial charge in [0, 0.05) is 18.0 Å². The van der Waals surface area contributed by atoms with Crippen LogP contribution in [0.4, 0.5) is 5.82 Å². The van der Waals surface area contributed by atoms with Gasteiger partial charge in [0.1, 0.15) is 10.6 Å². The summed E-state index contributed by atoms with van der Waals surface area (Å²) in [6.07, 6.45) is 2.48. The molecule has 1 fully saturated rings. The molecule has 1 aliphatic rings. The number of aryl methyl sites for hydroxylation is 1. The molecule has 0 aromatic carbocycles. The van der Waals surface area contributed by atoms with Gasteiger partial charge in [-0.05, 0) is 42.8 Å². The predicted molar refractivity (Wildman–Crippen MR) is 82.4 cm³/mol. The number of halogens is 1. The van der Waals surface area contributed by atoms with Crippen molar-refractivity contribution in [3.8, 4) is 0 Å². The van der Waals surface area contributed by atoms with E-state index in [2.05, 4.69) is 41.7 Å². The Hall–Kier alpha value is -0.870. The summed E-state index contributed by atoms with van der Waals surface area (Å²) in [5.41, 5.74) is 0.340. The van der Waals surface area contributed by atoms with Gasteiger partial charge in [-0.1, -0.05) is 13.8 Å². The highest BCUT2D eigenvalue weighted by Crippen LogP contribution is 2.36. The zero-order chi connectivity index (χ0) is 13.6. The van der Waals surface area contributed by atoms with Crippen molar-refractivity contribution in [2.24, 2.45) is 5.41 Å². The molecular weight excluding hydrogens is 278 g/mol. The number of nitrogens with zero attached hydrogens (tertiary/aromatic N) is 3. The molecule has 3 rings (SSSR count). The molecule has 0 spiro atoms. The number of rotatable bonds is 1. The lowest BCUT2D eigenvalue weighted by Gasteiger charge is -2.38. The lowest BCUT2D eigenvalue weighted by Crippen LogP contribution is -2.40. The number of piperidine rings is 1. The number of hydrogen-bond acceptors (Lipinski definition) is 4. The fraction of sp³-hybridized carbons (Fsp3) is 0.571. The molecular formula is C14H18ClN3S. The van der Waals surface area contributed by atoms with Crippen molar-refractivity contribution in [1.82, 2.24) is 9.97 Å². The van der Waals surface area contributed by atoms with Crippen molar-refractivity contribution >= 4 is 39.0 Å². The quantitative estimate of drug-likeness (QED) is 0.735. The van der Waals surface area contributed by atoms with Gasteiger partial charge in [0.2, 0.25) is 5.28 Å². The summed E-state index contributed by atoms with van der Waals surface area (Å²) < 4.78 is 0. The molecule has 102 valence electrons. The third-order valence-corrected chi connectivity index (χ3v) is 4.78. The minimum absolute atomic E-state index is 0.340. The van der Waals surface area contributed by atoms with E-state index >= 15 is 0 Å². The average molecular weight is 296 g/mol. The number of aromatic nitrogens is 2. The first kappa shape index (κ1) is 13.1. The Bertz CT molecular complexity index is 620. The molecule has 0 amide bonds. The van der Waals surface area contributed by atoms with Crippen molar-refractivity contribution in [2.75, 3.05) is 18.0 Å². The molecule has 0 bridgehead atoms. The van der Waals surface area contributed by atoms with E-state index in [1.54, 1.807) is 11.3 Å². The summed E-state index contributed by atoms with van der Waals surface area (Å²) in [5.74, 6) is 1.01. The van der Waals surface area contributed by atoms with Crippen LogP contribution in [0.1, 0.15) is 31.6 Å². The molecule has 0 unspecified atom stereocenters.